The fraction of sp³-hybridized carbons (Fsp3) is 0.588. The Labute approximate surface area is 132 Å². The molecular weight excluding hydrogens is 278 g/mol. The Kier molecular flexibility index (Phi) is 6.41. The molecule has 1 unspecified atom stereocenters. The molecule has 1 saturated heterocycles. The minimum Gasteiger partial charge on any atom is -0.370 e. The zero-order valence-electron chi connectivity index (χ0n) is 13.1. The van der Waals surface area contributed by atoms with Crippen LogP contribution in [0.15, 0.2) is 23.1 Å². The summed E-state index contributed by atoms with van der Waals surface area (Å²) in [6.07, 6.45) is 5.70. The normalized spacial score (nSPS) is 18.2. The molecule has 1 aliphatic rings. The van der Waals surface area contributed by atoms with Crippen LogP contribution in [0, 0.1) is 17.2 Å². The van der Waals surface area contributed by atoms with Crippen molar-refractivity contribution in [2.45, 2.75) is 31.1 Å². The van der Waals surface area contributed by atoms with Crippen molar-refractivity contribution in [3.8, 4) is 6.07 Å². The van der Waals surface area contributed by atoms with E-state index in [1.54, 1.807) is 11.8 Å². The van der Waals surface area contributed by atoms with Gasteiger partial charge in [0.15, 0.2) is 0 Å². The highest BCUT2D eigenvalue weighted by Gasteiger charge is 2.19. The molecule has 0 radical (unpaired) electrons. The van der Waals surface area contributed by atoms with Crippen LogP contribution >= 0.6 is 11.8 Å². The van der Waals surface area contributed by atoms with Crippen LogP contribution in [0.5, 0.6) is 0 Å². The minimum absolute atomic E-state index is 0.690. The molecular formula is C17H25N3S. The molecule has 0 bridgehead atoms. The highest BCUT2D eigenvalue weighted by molar-refractivity contribution is 7.98. The van der Waals surface area contributed by atoms with Crippen molar-refractivity contribution in [2.75, 3.05) is 37.3 Å². The smallest absolute Gasteiger partial charge is 0.103 e. The number of benzene rings is 1. The third kappa shape index (κ3) is 4.15. The number of anilines is 1. The van der Waals surface area contributed by atoms with Gasteiger partial charge in [-0.15, -0.1) is 11.8 Å². The fourth-order valence-electron chi connectivity index (χ4n) is 3.04. The van der Waals surface area contributed by atoms with E-state index >= 15 is 0 Å². The fourth-order valence-corrected chi connectivity index (χ4v) is 3.61. The number of nitrogens with one attached hydrogen (secondary N) is 1. The van der Waals surface area contributed by atoms with Crippen molar-refractivity contribution >= 4 is 17.4 Å². The quantitative estimate of drug-likeness (QED) is 0.817. The molecule has 0 saturated carbocycles. The number of rotatable bonds is 6. The summed E-state index contributed by atoms with van der Waals surface area (Å²) in [5.74, 6) is 0.690. The van der Waals surface area contributed by atoms with Gasteiger partial charge >= 0.3 is 0 Å². The average molecular weight is 303 g/mol. The van der Waals surface area contributed by atoms with Crippen LogP contribution in [0.4, 0.5) is 5.69 Å². The predicted octanol–water partition coefficient (Wildman–Crippen LogP) is 3.50. The number of thioether (sulfide) groups is 1. The van der Waals surface area contributed by atoms with Crippen molar-refractivity contribution in [2.24, 2.45) is 5.92 Å². The first kappa shape index (κ1) is 16.2. The Morgan fingerprint density at radius 3 is 2.95 bits per heavy atom. The Balaban J connectivity index is 2.23. The standard InChI is InChI=1S/C17H25N3S/c1-3-10-20(13-14-6-5-9-19-12-14)16-7-4-8-17(21-2)15(16)11-18/h4,7-8,14,19H,3,5-6,9-10,12-13H2,1-2H3. The lowest BCUT2D eigenvalue weighted by Crippen LogP contribution is -2.39. The first-order chi connectivity index (χ1) is 10.3. The third-order valence-electron chi connectivity index (χ3n) is 4.05. The summed E-state index contributed by atoms with van der Waals surface area (Å²) in [4.78, 5) is 3.49. The second kappa shape index (κ2) is 8.31. The van der Waals surface area contributed by atoms with Crippen molar-refractivity contribution in [1.29, 1.82) is 5.26 Å². The molecule has 0 aromatic heterocycles. The molecule has 1 N–H and O–H groups in total. The first-order valence-corrected chi connectivity index (χ1v) is 9.05. The van der Waals surface area contributed by atoms with Crippen LogP contribution in [0.2, 0.25) is 0 Å². The molecule has 4 heteroatoms. The van der Waals surface area contributed by atoms with E-state index in [9.17, 15) is 5.26 Å². The summed E-state index contributed by atoms with van der Waals surface area (Å²) >= 11 is 1.65. The number of nitrogens with zero attached hydrogens (tertiary/aromatic N) is 2. The SMILES string of the molecule is CCCN(CC1CCCNC1)c1cccc(SC)c1C#N. The van der Waals surface area contributed by atoms with Crippen LogP contribution in [-0.4, -0.2) is 32.4 Å². The zero-order chi connectivity index (χ0) is 15.1. The second-order valence-corrected chi connectivity index (χ2v) is 6.47. The maximum absolute atomic E-state index is 9.55. The first-order valence-electron chi connectivity index (χ1n) is 7.83. The molecule has 2 rings (SSSR count). The molecule has 0 amide bonds. The summed E-state index contributed by atoms with van der Waals surface area (Å²) in [6.45, 7) is 6.52. The molecule has 114 valence electrons. The van der Waals surface area contributed by atoms with Gasteiger partial charge in [0.2, 0.25) is 0 Å². The van der Waals surface area contributed by atoms with E-state index in [2.05, 4.69) is 35.3 Å². The monoisotopic (exact) mass is 303 g/mol. The number of nitriles is 1. The number of hydrogen-bond acceptors (Lipinski definition) is 4. The van der Waals surface area contributed by atoms with E-state index in [1.807, 2.05) is 12.3 Å². The molecule has 0 spiro atoms. The largest absolute Gasteiger partial charge is 0.370 e. The van der Waals surface area contributed by atoms with Gasteiger partial charge in [-0.3, -0.25) is 0 Å². The highest BCUT2D eigenvalue weighted by atomic mass is 32.2. The van der Waals surface area contributed by atoms with E-state index in [0.29, 0.717) is 5.92 Å². The number of hydrogen-bond donors (Lipinski definition) is 1. The van der Waals surface area contributed by atoms with Crippen molar-refractivity contribution in [3.63, 3.8) is 0 Å². The van der Waals surface area contributed by atoms with Crippen molar-refractivity contribution < 1.29 is 0 Å². The molecule has 1 aliphatic heterocycles. The summed E-state index contributed by atoms with van der Waals surface area (Å²) in [7, 11) is 0. The summed E-state index contributed by atoms with van der Waals surface area (Å²) in [5.41, 5.74) is 1.94. The van der Waals surface area contributed by atoms with Gasteiger partial charge < -0.3 is 10.2 Å². The zero-order valence-corrected chi connectivity index (χ0v) is 13.9. The van der Waals surface area contributed by atoms with E-state index in [0.717, 1.165) is 48.7 Å². The van der Waals surface area contributed by atoms with E-state index in [-0.39, 0.29) is 0 Å². The molecule has 1 aromatic carbocycles. The molecule has 1 heterocycles. The van der Waals surface area contributed by atoms with Crippen LogP contribution in [0.25, 0.3) is 0 Å². The molecule has 0 aliphatic carbocycles. The maximum Gasteiger partial charge on any atom is 0.103 e. The van der Waals surface area contributed by atoms with Crippen molar-refractivity contribution in [3.05, 3.63) is 23.8 Å². The van der Waals surface area contributed by atoms with E-state index in [1.165, 1.54) is 12.8 Å². The van der Waals surface area contributed by atoms with Gasteiger partial charge in [-0.25, -0.2) is 0 Å². The Bertz CT molecular complexity index is 489. The third-order valence-corrected chi connectivity index (χ3v) is 4.83. The average Bonchev–Trinajstić information content (AvgIpc) is 2.54. The molecule has 1 atom stereocenters. The van der Waals surface area contributed by atoms with E-state index in [4.69, 9.17) is 0 Å². The van der Waals surface area contributed by atoms with Crippen molar-refractivity contribution in [1.82, 2.24) is 5.32 Å². The van der Waals surface area contributed by atoms with Crippen LogP contribution in [0.1, 0.15) is 31.7 Å². The van der Waals surface area contributed by atoms with Gasteiger partial charge in [-0.1, -0.05) is 13.0 Å². The Morgan fingerprint density at radius 1 is 1.48 bits per heavy atom. The van der Waals surface area contributed by atoms with Gasteiger partial charge in [-0.2, -0.15) is 5.26 Å². The topological polar surface area (TPSA) is 39.1 Å². The summed E-state index contributed by atoms with van der Waals surface area (Å²) < 4.78 is 0. The molecule has 3 nitrogen and oxygen atoms in total. The Hall–Kier alpha value is -1.18. The lowest BCUT2D eigenvalue weighted by molar-refractivity contribution is 0.376. The van der Waals surface area contributed by atoms with Gasteiger partial charge in [0.05, 0.1) is 11.3 Å². The lowest BCUT2D eigenvalue weighted by atomic mass is 9.98. The second-order valence-electron chi connectivity index (χ2n) is 5.62. The molecule has 21 heavy (non-hydrogen) atoms. The van der Waals surface area contributed by atoms with Gasteiger partial charge in [0, 0.05) is 18.0 Å². The molecule has 1 aromatic rings. The van der Waals surface area contributed by atoms with E-state index < -0.39 is 0 Å². The minimum atomic E-state index is 0.690. The van der Waals surface area contributed by atoms with Gasteiger partial charge in [0.25, 0.3) is 0 Å². The van der Waals surface area contributed by atoms with Crippen LogP contribution < -0.4 is 10.2 Å². The molecule has 1 fully saturated rings. The van der Waals surface area contributed by atoms with Gasteiger partial charge in [0.1, 0.15) is 6.07 Å². The maximum atomic E-state index is 9.55. The number of piperidine rings is 1. The van der Waals surface area contributed by atoms with Gasteiger partial charge in [-0.05, 0) is 56.7 Å². The highest BCUT2D eigenvalue weighted by Crippen LogP contribution is 2.30. The van der Waals surface area contributed by atoms with Crippen LogP contribution in [-0.2, 0) is 0 Å². The summed E-state index contributed by atoms with van der Waals surface area (Å²) in [6, 6.07) is 8.63. The van der Waals surface area contributed by atoms with Crippen LogP contribution in [0.3, 0.4) is 0 Å². The Morgan fingerprint density at radius 2 is 2.33 bits per heavy atom. The summed E-state index contributed by atoms with van der Waals surface area (Å²) in [5, 5.41) is 13.0. The predicted molar refractivity (Wildman–Crippen MR) is 91.0 cm³/mol. The lowest BCUT2D eigenvalue weighted by Gasteiger charge is -2.32.